The van der Waals surface area contributed by atoms with Gasteiger partial charge in [0.25, 0.3) is 21.8 Å². The van der Waals surface area contributed by atoms with Gasteiger partial charge in [-0.25, -0.2) is 13.2 Å². The van der Waals surface area contributed by atoms with Gasteiger partial charge in [0.15, 0.2) is 6.61 Å². The van der Waals surface area contributed by atoms with Gasteiger partial charge >= 0.3 is 12.1 Å². The number of ether oxygens (including phenoxy) is 1. The summed E-state index contributed by atoms with van der Waals surface area (Å²) in [6.45, 7) is 2.29. The number of aromatic nitrogens is 1. The molecule has 2 aromatic carbocycles. The van der Waals surface area contributed by atoms with E-state index in [4.69, 9.17) is 4.74 Å². The van der Waals surface area contributed by atoms with Crippen LogP contribution in [0.3, 0.4) is 0 Å². The molecule has 0 spiro atoms. The summed E-state index contributed by atoms with van der Waals surface area (Å²) < 4.78 is 73.3. The predicted octanol–water partition coefficient (Wildman–Crippen LogP) is 3.54. The van der Waals surface area contributed by atoms with E-state index in [0.29, 0.717) is 10.4 Å². The molecule has 0 atom stereocenters. The van der Waals surface area contributed by atoms with Crippen LogP contribution in [0.15, 0.2) is 84.4 Å². The van der Waals surface area contributed by atoms with Gasteiger partial charge in [0.2, 0.25) is 0 Å². The minimum Gasteiger partial charge on any atom is -0.452 e. The maximum atomic E-state index is 13.3. The SMILES string of the molecule is C=CCN(c1cccc(C(F)(F)F)c1)S(=O)(=O)c1cccc(C(=O)OCC(=O)NC(=O)c2cccn2C)c1. The number of alkyl halides is 3. The molecule has 1 heterocycles. The Kier molecular flexibility index (Phi) is 8.41. The number of benzene rings is 2. The summed E-state index contributed by atoms with van der Waals surface area (Å²) in [5.41, 5.74) is -1.34. The molecule has 3 aromatic rings. The van der Waals surface area contributed by atoms with Crippen molar-refractivity contribution in [1.82, 2.24) is 9.88 Å². The Balaban J connectivity index is 1.77. The second-order valence-electron chi connectivity index (χ2n) is 7.86. The molecule has 1 aromatic heterocycles. The summed E-state index contributed by atoms with van der Waals surface area (Å²) in [5, 5.41) is 2.06. The van der Waals surface area contributed by atoms with Crippen molar-refractivity contribution in [2.24, 2.45) is 7.05 Å². The molecule has 0 unspecified atom stereocenters. The largest absolute Gasteiger partial charge is 0.452 e. The number of esters is 1. The third-order valence-electron chi connectivity index (χ3n) is 5.18. The zero-order valence-electron chi connectivity index (χ0n) is 19.9. The topological polar surface area (TPSA) is 115 Å². The minimum atomic E-state index is -4.69. The van der Waals surface area contributed by atoms with Gasteiger partial charge in [-0.05, 0) is 48.5 Å². The number of nitrogens with one attached hydrogen (secondary N) is 1. The molecule has 0 aliphatic rings. The fourth-order valence-corrected chi connectivity index (χ4v) is 4.82. The summed E-state index contributed by atoms with van der Waals surface area (Å²) in [4.78, 5) is 36.2. The van der Waals surface area contributed by atoms with Crippen LogP contribution in [-0.2, 0) is 32.8 Å². The normalized spacial score (nSPS) is 11.5. The van der Waals surface area contributed by atoms with Crippen molar-refractivity contribution in [3.63, 3.8) is 0 Å². The Morgan fingerprint density at radius 1 is 1.08 bits per heavy atom. The standard InChI is InChI=1S/C25H22F3N3O6S/c1-3-12-31(19-9-5-8-18(15-19)25(26,27)28)38(35,36)20-10-4-7-17(14-20)24(34)37-16-22(32)29-23(33)21-11-6-13-30(21)2/h3-11,13-15H,1,12,16H2,2H3,(H,29,32,33). The lowest BCUT2D eigenvalue weighted by atomic mass is 10.2. The number of imide groups is 1. The van der Waals surface area contributed by atoms with Crippen molar-refractivity contribution in [1.29, 1.82) is 0 Å². The van der Waals surface area contributed by atoms with Crippen LogP contribution in [0.1, 0.15) is 26.4 Å². The first kappa shape index (κ1) is 28.2. The Morgan fingerprint density at radius 2 is 1.79 bits per heavy atom. The second kappa shape index (κ2) is 11.3. The number of hydrogen-bond acceptors (Lipinski definition) is 6. The van der Waals surface area contributed by atoms with Crippen molar-refractivity contribution in [3.8, 4) is 0 Å². The Morgan fingerprint density at radius 3 is 2.42 bits per heavy atom. The van der Waals surface area contributed by atoms with E-state index in [1.54, 1.807) is 19.3 Å². The molecule has 9 nitrogen and oxygen atoms in total. The van der Waals surface area contributed by atoms with Crippen molar-refractivity contribution >= 4 is 33.5 Å². The first-order valence-electron chi connectivity index (χ1n) is 10.9. The summed E-state index contributed by atoms with van der Waals surface area (Å²) in [5.74, 6) is -2.67. The summed E-state index contributed by atoms with van der Waals surface area (Å²) in [6.07, 6.45) is -1.89. The molecule has 0 bridgehead atoms. The zero-order chi connectivity index (χ0) is 28.1. The molecule has 0 fully saturated rings. The molecule has 3 rings (SSSR count). The van der Waals surface area contributed by atoms with Crippen LogP contribution in [0.2, 0.25) is 0 Å². The number of carbonyl (C=O) groups excluding carboxylic acids is 3. The van der Waals surface area contributed by atoms with Crippen LogP contribution in [0.5, 0.6) is 0 Å². The molecular weight excluding hydrogens is 527 g/mol. The smallest absolute Gasteiger partial charge is 0.416 e. The third kappa shape index (κ3) is 6.48. The maximum Gasteiger partial charge on any atom is 0.416 e. The molecule has 0 saturated heterocycles. The van der Waals surface area contributed by atoms with E-state index < -0.39 is 51.0 Å². The van der Waals surface area contributed by atoms with Crippen LogP contribution in [0.4, 0.5) is 18.9 Å². The Bertz CT molecular complexity index is 1480. The quantitative estimate of drug-likeness (QED) is 0.323. The summed E-state index contributed by atoms with van der Waals surface area (Å²) in [6, 6.07) is 11.4. The van der Waals surface area contributed by atoms with E-state index in [1.165, 1.54) is 34.9 Å². The lowest BCUT2D eigenvalue weighted by molar-refractivity contribution is -0.137. The van der Waals surface area contributed by atoms with Gasteiger partial charge in [-0.3, -0.25) is 19.2 Å². The first-order valence-corrected chi connectivity index (χ1v) is 12.3. The van der Waals surface area contributed by atoms with Crippen molar-refractivity contribution in [2.45, 2.75) is 11.1 Å². The van der Waals surface area contributed by atoms with Crippen LogP contribution < -0.4 is 9.62 Å². The number of aryl methyl sites for hydroxylation is 1. The van der Waals surface area contributed by atoms with Crippen LogP contribution in [0.25, 0.3) is 0 Å². The maximum absolute atomic E-state index is 13.3. The molecular formula is C25H22F3N3O6S. The van der Waals surface area contributed by atoms with E-state index in [0.717, 1.165) is 24.3 Å². The Hall–Kier alpha value is -4.39. The number of carbonyl (C=O) groups is 3. The summed E-state index contributed by atoms with van der Waals surface area (Å²) >= 11 is 0. The van der Waals surface area contributed by atoms with Crippen molar-refractivity contribution < 1.29 is 40.7 Å². The van der Waals surface area contributed by atoms with Gasteiger partial charge in [-0.1, -0.05) is 18.2 Å². The van der Waals surface area contributed by atoms with E-state index in [-0.39, 0.29) is 23.5 Å². The first-order chi connectivity index (χ1) is 17.8. The van der Waals surface area contributed by atoms with Gasteiger partial charge in [0, 0.05) is 13.2 Å². The molecule has 0 saturated carbocycles. The van der Waals surface area contributed by atoms with Crippen LogP contribution >= 0.6 is 0 Å². The van der Waals surface area contributed by atoms with Crippen LogP contribution in [0, 0.1) is 0 Å². The monoisotopic (exact) mass is 549 g/mol. The molecule has 0 aliphatic carbocycles. The van der Waals surface area contributed by atoms with Gasteiger partial charge in [-0.15, -0.1) is 6.58 Å². The molecule has 13 heteroatoms. The molecule has 0 radical (unpaired) electrons. The van der Waals surface area contributed by atoms with E-state index in [2.05, 4.69) is 11.9 Å². The van der Waals surface area contributed by atoms with E-state index in [1.807, 2.05) is 0 Å². The highest BCUT2D eigenvalue weighted by Gasteiger charge is 2.32. The number of halogens is 3. The number of hydrogen-bond donors (Lipinski definition) is 1. The number of rotatable bonds is 9. The average molecular weight is 550 g/mol. The fourth-order valence-electron chi connectivity index (χ4n) is 3.35. The number of nitrogens with zero attached hydrogens (tertiary/aromatic N) is 2. The lowest BCUT2D eigenvalue weighted by Crippen LogP contribution is -2.35. The molecule has 38 heavy (non-hydrogen) atoms. The predicted molar refractivity (Wildman–Crippen MR) is 131 cm³/mol. The second-order valence-corrected chi connectivity index (χ2v) is 9.72. The highest BCUT2D eigenvalue weighted by Crippen LogP contribution is 2.33. The molecule has 1 N–H and O–H groups in total. The summed E-state index contributed by atoms with van der Waals surface area (Å²) in [7, 11) is -2.85. The van der Waals surface area contributed by atoms with Gasteiger partial charge in [0.05, 0.1) is 28.3 Å². The highest BCUT2D eigenvalue weighted by atomic mass is 32.2. The highest BCUT2D eigenvalue weighted by molar-refractivity contribution is 7.92. The molecule has 2 amide bonds. The lowest BCUT2D eigenvalue weighted by Gasteiger charge is -2.24. The minimum absolute atomic E-state index is 0.201. The van der Waals surface area contributed by atoms with Gasteiger partial charge in [0.1, 0.15) is 5.69 Å². The molecule has 0 aliphatic heterocycles. The molecule has 200 valence electrons. The van der Waals surface area contributed by atoms with Gasteiger partial charge in [-0.2, -0.15) is 13.2 Å². The average Bonchev–Trinajstić information content (AvgIpc) is 3.31. The number of amides is 2. The van der Waals surface area contributed by atoms with Crippen molar-refractivity contribution in [2.75, 3.05) is 17.5 Å². The Labute approximate surface area is 216 Å². The van der Waals surface area contributed by atoms with E-state index in [9.17, 15) is 36.0 Å². The number of anilines is 1. The van der Waals surface area contributed by atoms with Crippen LogP contribution in [-0.4, -0.2) is 43.9 Å². The zero-order valence-corrected chi connectivity index (χ0v) is 20.8. The fraction of sp³-hybridized carbons (Fsp3) is 0.160. The third-order valence-corrected chi connectivity index (χ3v) is 6.97. The van der Waals surface area contributed by atoms with Gasteiger partial charge < -0.3 is 9.30 Å². The number of sulfonamides is 1. The van der Waals surface area contributed by atoms with E-state index >= 15 is 0 Å². The van der Waals surface area contributed by atoms with Crippen molar-refractivity contribution in [3.05, 3.63) is 96.3 Å².